The number of nitrogens with zero attached hydrogens (tertiary/aromatic N) is 2. The molecule has 2 amide bonds. The monoisotopic (exact) mass is 627 g/mol. The predicted molar refractivity (Wildman–Crippen MR) is 173 cm³/mol. The number of rotatable bonds is 12. The zero-order valence-electron chi connectivity index (χ0n) is 25.3. The fourth-order valence-electron chi connectivity index (χ4n) is 5.78. The van der Waals surface area contributed by atoms with E-state index in [9.17, 15) is 18.0 Å². The van der Waals surface area contributed by atoms with E-state index in [2.05, 4.69) is 5.32 Å². The average Bonchev–Trinajstić information content (AvgIpc) is 3.56. The summed E-state index contributed by atoms with van der Waals surface area (Å²) in [7, 11) is -4.36. The lowest BCUT2D eigenvalue weighted by atomic mass is 10.0. The molecule has 234 valence electrons. The lowest BCUT2D eigenvalue weighted by Crippen LogP contribution is -2.54. The number of para-hydroxylation sites is 1. The normalized spacial score (nSPS) is 14.1. The molecule has 4 aromatic rings. The molecule has 45 heavy (non-hydrogen) atoms. The summed E-state index contributed by atoms with van der Waals surface area (Å²) in [5, 5.41) is 3.16. The number of anilines is 1. The Bertz CT molecular complexity index is 1710. The lowest BCUT2D eigenvalue weighted by molar-refractivity contribution is -0.140. The van der Waals surface area contributed by atoms with Crippen LogP contribution in [-0.2, 0) is 32.6 Å². The van der Waals surface area contributed by atoms with Crippen LogP contribution in [-0.4, -0.2) is 43.8 Å². The van der Waals surface area contributed by atoms with Gasteiger partial charge >= 0.3 is 0 Å². The van der Waals surface area contributed by atoms with E-state index in [-0.39, 0.29) is 35.5 Å². The van der Waals surface area contributed by atoms with E-state index in [1.165, 1.54) is 35.2 Å². The topological polar surface area (TPSA) is 86.8 Å². The third kappa shape index (κ3) is 7.78. The van der Waals surface area contributed by atoms with Gasteiger partial charge in [-0.05, 0) is 60.7 Å². The molecule has 7 nitrogen and oxygen atoms in total. The molecule has 5 rings (SSSR count). The molecular weight excluding hydrogens is 589 g/mol. The van der Waals surface area contributed by atoms with E-state index < -0.39 is 34.3 Å². The first-order valence-corrected chi connectivity index (χ1v) is 16.7. The van der Waals surface area contributed by atoms with Gasteiger partial charge in [-0.2, -0.15) is 0 Å². The fraction of sp³-hybridized carbons (Fsp3) is 0.278. The van der Waals surface area contributed by atoms with E-state index >= 15 is 4.39 Å². The van der Waals surface area contributed by atoms with Gasteiger partial charge in [0.25, 0.3) is 10.0 Å². The molecule has 0 heterocycles. The third-order valence-electron chi connectivity index (χ3n) is 8.31. The molecule has 0 aromatic heterocycles. The van der Waals surface area contributed by atoms with Gasteiger partial charge in [-0.15, -0.1) is 0 Å². The summed E-state index contributed by atoms with van der Waals surface area (Å²) in [6, 6.07) is 29.2. The summed E-state index contributed by atoms with van der Waals surface area (Å²) < 4.78 is 44.0. The van der Waals surface area contributed by atoms with Crippen molar-refractivity contribution in [1.29, 1.82) is 0 Å². The molecule has 0 saturated heterocycles. The van der Waals surface area contributed by atoms with Crippen LogP contribution in [0.4, 0.5) is 10.1 Å². The molecule has 0 aliphatic heterocycles. The molecule has 9 heteroatoms. The van der Waals surface area contributed by atoms with Crippen molar-refractivity contribution in [2.75, 3.05) is 10.8 Å². The van der Waals surface area contributed by atoms with Crippen molar-refractivity contribution < 1.29 is 22.4 Å². The van der Waals surface area contributed by atoms with Crippen LogP contribution >= 0.6 is 0 Å². The summed E-state index contributed by atoms with van der Waals surface area (Å²) >= 11 is 0. The minimum Gasteiger partial charge on any atom is -0.352 e. The van der Waals surface area contributed by atoms with Crippen LogP contribution in [0.1, 0.15) is 42.4 Å². The van der Waals surface area contributed by atoms with Crippen LogP contribution in [0.5, 0.6) is 0 Å². The average molecular weight is 628 g/mol. The number of sulfonamides is 1. The highest BCUT2D eigenvalue weighted by atomic mass is 32.2. The van der Waals surface area contributed by atoms with Gasteiger partial charge in [0.2, 0.25) is 11.8 Å². The summed E-state index contributed by atoms with van der Waals surface area (Å²) in [5.41, 5.74) is 2.35. The van der Waals surface area contributed by atoms with Crippen molar-refractivity contribution in [3.63, 3.8) is 0 Å². The quantitative estimate of drug-likeness (QED) is 0.208. The van der Waals surface area contributed by atoms with Gasteiger partial charge in [0.15, 0.2) is 0 Å². The predicted octanol–water partition coefficient (Wildman–Crippen LogP) is 6.03. The van der Waals surface area contributed by atoms with Crippen molar-refractivity contribution in [3.8, 4) is 0 Å². The van der Waals surface area contributed by atoms with Crippen molar-refractivity contribution in [2.45, 2.75) is 62.6 Å². The zero-order chi connectivity index (χ0) is 31.8. The molecule has 0 spiro atoms. The second-order valence-electron chi connectivity index (χ2n) is 11.4. The lowest BCUT2D eigenvalue weighted by Gasteiger charge is -2.34. The smallest absolute Gasteiger partial charge is 0.264 e. The van der Waals surface area contributed by atoms with Crippen molar-refractivity contribution >= 4 is 27.5 Å². The van der Waals surface area contributed by atoms with Crippen LogP contribution in [0.25, 0.3) is 0 Å². The maximum atomic E-state index is 15.2. The van der Waals surface area contributed by atoms with Crippen molar-refractivity contribution in [3.05, 3.63) is 132 Å². The number of carbonyl (C=O) groups excluding carboxylic acids is 2. The van der Waals surface area contributed by atoms with Gasteiger partial charge in [-0.25, -0.2) is 12.8 Å². The Hall–Kier alpha value is -4.50. The standard InChI is InChI=1S/C36H38FN3O4S/c1-27-14-8-9-17-29(27)25-39(34(24-28-15-4-2-5-16-28)36(42)38-30-18-10-11-19-30)35(41)26-40(33-23-13-12-22-32(33)37)45(43,44)31-20-6-3-7-21-31/h2-9,12-17,20-23,30,34H,10-11,18-19,24-26H2,1H3,(H,38,42). The SMILES string of the molecule is Cc1ccccc1CN(C(=O)CN(c1ccccc1F)S(=O)(=O)c1ccccc1)C(Cc1ccccc1)C(=O)NC1CCCC1. The Morgan fingerprint density at radius 3 is 2.11 bits per heavy atom. The number of halogens is 1. The van der Waals surface area contributed by atoms with Crippen LogP contribution in [0, 0.1) is 12.7 Å². The maximum absolute atomic E-state index is 15.2. The third-order valence-corrected chi connectivity index (χ3v) is 10.1. The molecule has 1 aliphatic rings. The molecule has 1 fully saturated rings. The van der Waals surface area contributed by atoms with Crippen LogP contribution in [0.2, 0.25) is 0 Å². The van der Waals surface area contributed by atoms with Gasteiger partial charge < -0.3 is 10.2 Å². The Morgan fingerprint density at radius 2 is 1.44 bits per heavy atom. The fourth-order valence-corrected chi connectivity index (χ4v) is 7.22. The number of carbonyl (C=O) groups is 2. The molecule has 1 aliphatic carbocycles. The van der Waals surface area contributed by atoms with E-state index in [1.807, 2.05) is 61.5 Å². The number of amides is 2. The molecule has 1 N–H and O–H groups in total. The van der Waals surface area contributed by atoms with Crippen molar-refractivity contribution in [1.82, 2.24) is 10.2 Å². The summed E-state index contributed by atoms with van der Waals surface area (Å²) in [6.07, 6.45) is 4.00. The Balaban J connectivity index is 1.57. The molecule has 1 unspecified atom stereocenters. The van der Waals surface area contributed by atoms with Crippen LogP contribution in [0.3, 0.4) is 0 Å². The minimum atomic E-state index is -4.36. The first kappa shape index (κ1) is 31.9. The number of nitrogens with one attached hydrogen (secondary N) is 1. The number of hydrogen-bond donors (Lipinski definition) is 1. The van der Waals surface area contributed by atoms with Gasteiger partial charge in [-0.3, -0.25) is 13.9 Å². The highest BCUT2D eigenvalue weighted by molar-refractivity contribution is 7.92. The van der Waals surface area contributed by atoms with Gasteiger partial charge in [0, 0.05) is 19.0 Å². The van der Waals surface area contributed by atoms with Gasteiger partial charge in [0.05, 0.1) is 10.6 Å². The molecule has 1 atom stereocenters. The second kappa shape index (κ2) is 14.5. The van der Waals surface area contributed by atoms with Crippen LogP contribution in [0.15, 0.2) is 114 Å². The first-order valence-electron chi connectivity index (χ1n) is 15.2. The Morgan fingerprint density at radius 1 is 0.844 bits per heavy atom. The second-order valence-corrected chi connectivity index (χ2v) is 13.3. The molecule has 0 radical (unpaired) electrons. The van der Waals surface area contributed by atoms with E-state index in [4.69, 9.17) is 0 Å². The van der Waals surface area contributed by atoms with Crippen molar-refractivity contribution in [2.24, 2.45) is 0 Å². The summed E-state index contributed by atoms with van der Waals surface area (Å²) in [6.45, 7) is 1.29. The van der Waals surface area contributed by atoms with E-state index in [1.54, 1.807) is 18.2 Å². The molecular formula is C36H38FN3O4S. The van der Waals surface area contributed by atoms with Crippen LogP contribution < -0.4 is 9.62 Å². The van der Waals surface area contributed by atoms with Gasteiger partial charge in [0.1, 0.15) is 18.4 Å². The summed E-state index contributed by atoms with van der Waals surface area (Å²) in [5.74, 6) is -1.70. The summed E-state index contributed by atoms with van der Waals surface area (Å²) in [4.78, 5) is 30.0. The number of benzene rings is 4. The maximum Gasteiger partial charge on any atom is 0.264 e. The molecule has 1 saturated carbocycles. The molecule has 4 aromatic carbocycles. The number of aryl methyl sites for hydroxylation is 1. The minimum absolute atomic E-state index is 0.0135. The highest BCUT2D eigenvalue weighted by Crippen LogP contribution is 2.28. The van der Waals surface area contributed by atoms with E-state index in [0.717, 1.165) is 52.7 Å². The number of hydrogen-bond acceptors (Lipinski definition) is 4. The highest BCUT2D eigenvalue weighted by Gasteiger charge is 2.36. The Labute approximate surface area is 264 Å². The first-order chi connectivity index (χ1) is 21.7. The Kier molecular flexibility index (Phi) is 10.3. The molecule has 0 bridgehead atoms. The van der Waals surface area contributed by atoms with E-state index in [0.29, 0.717) is 0 Å². The van der Waals surface area contributed by atoms with Gasteiger partial charge in [-0.1, -0.05) is 97.8 Å². The largest absolute Gasteiger partial charge is 0.352 e. The zero-order valence-corrected chi connectivity index (χ0v) is 26.1.